The smallest absolute Gasteiger partial charge is 0.0702 e. The van der Waals surface area contributed by atoms with Gasteiger partial charge < -0.3 is 0 Å². The zero-order valence-electron chi connectivity index (χ0n) is 10.4. The average Bonchev–Trinajstić information content (AvgIpc) is 3.10. The second-order valence-electron chi connectivity index (χ2n) is 4.40. The molecule has 1 saturated carbocycles. The Morgan fingerprint density at radius 1 is 1.12 bits per heavy atom. The molecule has 1 heterocycles. The lowest BCUT2D eigenvalue weighted by Gasteiger charge is -2.03. The number of hydrogen-bond acceptors (Lipinski definition) is 1. The van der Waals surface area contributed by atoms with Crippen LogP contribution in [0.4, 0.5) is 0 Å². The molecule has 0 radical (unpaired) electrons. The normalized spacial score (nSPS) is 17.9. The molecule has 1 heteroatoms. The topological polar surface area (TPSA) is 12.9 Å². The second-order valence-corrected chi connectivity index (χ2v) is 4.40. The predicted octanol–water partition coefficient (Wildman–Crippen LogP) is 3.93. The van der Waals surface area contributed by atoms with Gasteiger partial charge in [0.05, 0.1) is 5.69 Å². The molecule has 0 atom stereocenters. The largest absolute Gasteiger partial charge is 0.256 e. The highest BCUT2D eigenvalue weighted by Gasteiger charge is 2.23. The second kappa shape index (κ2) is 3.75. The maximum atomic E-state index is 8.05. The van der Waals surface area contributed by atoms with Gasteiger partial charge in [-0.2, -0.15) is 0 Å². The standard InChI is InChI=1S/C15H15N/c1-11-2-4-13(5-3-11)15-9-8-14(10-16-15)12-6-7-12/h2-5,8-10,12H,6-7H2,1H3/i12D. The summed E-state index contributed by atoms with van der Waals surface area (Å²) in [6.07, 6.45) is 3.80. The summed E-state index contributed by atoms with van der Waals surface area (Å²) in [6, 6.07) is 12.4. The summed E-state index contributed by atoms with van der Waals surface area (Å²) in [5, 5.41) is 0. The van der Waals surface area contributed by atoms with Gasteiger partial charge in [-0.05, 0) is 37.3 Å². The molecule has 0 N–H and O–H groups in total. The van der Waals surface area contributed by atoms with Crippen molar-refractivity contribution in [2.24, 2.45) is 0 Å². The number of rotatable bonds is 2. The summed E-state index contributed by atoms with van der Waals surface area (Å²) in [7, 11) is 0. The van der Waals surface area contributed by atoms with Crippen molar-refractivity contribution in [1.82, 2.24) is 4.98 Å². The third kappa shape index (κ3) is 1.85. The van der Waals surface area contributed by atoms with Crippen molar-refractivity contribution >= 4 is 0 Å². The first kappa shape index (κ1) is 8.51. The Morgan fingerprint density at radius 3 is 2.44 bits per heavy atom. The first-order valence-corrected chi connectivity index (χ1v) is 5.71. The third-order valence-corrected chi connectivity index (χ3v) is 3.02. The Morgan fingerprint density at radius 2 is 1.88 bits per heavy atom. The van der Waals surface area contributed by atoms with E-state index in [1.807, 2.05) is 18.3 Å². The highest BCUT2D eigenvalue weighted by atomic mass is 14.7. The Kier molecular flexibility index (Phi) is 1.99. The number of aryl methyl sites for hydroxylation is 1. The molecule has 0 aliphatic heterocycles. The third-order valence-electron chi connectivity index (χ3n) is 3.02. The Balaban J connectivity index is 1.91. The van der Waals surface area contributed by atoms with Gasteiger partial charge in [0.15, 0.2) is 0 Å². The van der Waals surface area contributed by atoms with Gasteiger partial charge in [-0.1, -0.05) is 35.9 Å². The lowest BCUT2D eigenvalue weighted by molar-refractivity contribution is 1.09. The van der Waals surface area contributed by atoms with Crippen LogP contribution in [-0.4, -0.2) is 4.98 Å². The molecular formula is C15H15N. The van der Waals surface area contributed by atoms with Crippen LogP contribution < -0.4 is 0 Å². The van der Waals surface area contributed by atoms with Crippen LogP contribution in [0.1, 0.15) is 31.2 Å². The minimum Gasteiger partial charge on any atom is -0.256 e. The van der Waals surface area contributed by atoms with Gasteiger partial charge in [0, 0.05) is 13.1 Å². The fraction of sp³-hybridized carbons (Fsp3) is 0.267. The monoisotopic (exact) mass is 210 g/mol. The van der Waals surface area contributed by atoms with Crippen molar-refractivity contribution in [3.8, 4) is 11.3 Å². The van der Waals surface area contributed by atoms with Crippen LogP contribution in [0.2, 0.25) is 0 Å². The minimum atomic E-state index is -0.335. The van der Waals surface area contributed by atoms with E-state index in [0.29, 0.717) is 0 Å². The van der Waals surface area contributed by atoms with Gasteiger partial charge in [-0.3, -0.25) is 4.98 Å². The van der Waals surface area contributed by atoms with Crippen molar-refractivity contribution in [3.63, 3.8) is 0 Å². The summed E-state index contributed by atoms with van der Waals surface area (Å²) in [5.41, 5.74) is 4.43. The number of nitrogens with zero attached hydrogens (tertiary/aromatic N) is 1. The van der Waals surface area contributed by atoms with Crippen molar-refractivity contribution < 1.29 is 1.37 Å². The molecule has 0 spiro atoms. The van der Waals surface area contributed by atoms with Gasteiger partial charge in [0.25, 0.3) is 0 Å². The molecular weight excluding hydrogens is 194 g/mol. The van der Waals surface area contributed by atoms with Crippen LogP contribution >= 0.6 is 0 Å². The van der Waals surface area contributed by atoms with Gasteiger partial charge >= 0.3 is 0 Å². The van der Waals surface area contributed by atoms with E-state index in [2.05, 4.69) is 36.2 Å². The first-order valence-electron chi connectivity index (χ1n) is 6.21. The van der Waals surface area contributed by atoms with E-state index < -0.39 is 0 Å². The van der Waals surface area contributed by atoms with Crippen molar-refractivity contribution in [2.75, 3.05) is 0 Å². The van der Waals surface area contributed by atoms with Crippen molar-refractivity contribution in [2.45, 2.75) is 25.7 Å². The van der Waals surface area contributed by atoms with E-state index in [4.69, 9.17) is 1.37 Å². The number of hydrogen-bond donors (Lipinski definition) is 0. The zero-order valence-corrected chi connectivity index (χ0v) is 9.40. The van der Waals surface area contributed by atoms with Crippen LogP contribution in [-0.2, 0) is 0 Å². The van der Waals surface area contributed by atoms with Gasteiger partial charge in [-0.25, -0.2) is 0 Å². The van der Waals surface area contributed by atoms with Gasteiger partial charge in [0.1, 0.15) is 0 Å². The molecule has 0 unspecified atom stereocenters. The SMILES string of the molecule is [2H]C1(c2ccc(-c3ccc(C)cc3)nc2)CC1. The maximum Gasteiger partial charge on any atom is 0.0702 e. The fourth-order valence-corrected chi connectivity index (χ4v) is 1.85. The lowest BCUT2D eigenvalue weighted by atomic mass is 10.1. The number of pyridine rings is 1. The summed E-state index contributed by atoms with van der Waals surface area (Å²) >= 11 is 0. The van der Waals surface area contributed by atoms with Gasteiger partial charge in [0.2, 0.25) is 0 Å². The van der Waals surface area contributed by atoms with E-state index >= 15 is 0 Å². The molecule has 1 nitrogen and oxygen atoms in total. The summed E-state index contributed by atoms with van der Waals surface area (Å²) in [5.74, 6) is -0.335. The Bertz CT molecular complexity index is 524. The quantitative estimate of drug-likeness (QED) is 0.731. The number of aromatic nitrogens is 1. The zero-order chi connectivity index (χ0) is 11.9. The molecule has 1 aromatic carbocycles. The molecule has 1 fully saturated rings. The fourth-order valence-electron chi connectivity index (χ4n) is 1.85. The summed E-state index contributed by atoms with van der Waals surface area (Å²) < 4.78 is 8.05. The van der Waals surface area contributed by atoms with Crippen molar-refractivity contribution in [3.05, 3.63) is 53.7 Å². The van der Waals surface area contributed by atoms with Crippen LogP contribution in [0.15, 0.2) is 42.6 Å². The van der Waals surface area contributed by atoms with E-state index in [9.17, 15) is 0 Å². The van der Waals surface area contributed by atoms with Crippen LogP contribution in [0.3, 0.4) is 0 Å². The molecule has 0 saturated heterocycles. The molecule has 0 bridgehead atoms. The maximum absolute atomic E-state index is 8.05. The van der Waals surface area contributed by atoms with E-state index in [0.717, 1.165) is 29.7 Å². The molecule has 16 heavy (non-hydrogen) atoms. The average molecular weight is 210 g/mol. The Labute approximate surface area is 97.6 Å². The van der Waals surface area contributed by atoms with E-state index in [1.54, 1.807) is 0 Å². The molecule has 1 aromatic heterocycles. The van der Waals surface area contributed by atoms with Gasteiger partial charge in [-0.15, -0.1) is 0 Å². The summed E-state index contributed by atoms with van der Waals surface area (Å²) in [6.45, 7) is 2.08. The lowest BCUT2D eigenvalue weighted by Crippen LogP contribution is -1.86. The molecule has 80 valence electrons. The highest BCUT2D eigenvalue weighted by molar-refractivity contribution is 5.59. The predicted molar refractivity (Wildman–Crippen MR) is 66.4 cm³/mol. The first-order chi connectivity index (χ1) is 8.17. The molecule has 0 amide bonds. The summed E-state index contributed by atoms with van der Waals surface area (Å²) in [4.78, 5) is 4.47. The molecule has 1 aliphatic rings. The Hall–Kier alpha value is -1.63. The van der Waals surface area contributed by atoms with Crippen molar-refractivity contribution in [1.29, 1.82) is 0 Å². The number of benzene rings is 1. The molecule has 3 rings (SSSR count). The highest BCUT2D eigenvalue weighted by Crippen LogP contribution is 2.39. The van der Waals surface area contributed by atoms with Crippen LogP contribution in [0, 0.1) is 6.92 Å². The molecule has 2 aromatic rings. The van der Waals surface area contributed by atoms with E-state index in [-0.39, 0.29) is 5.89 Å². The van der Waals surface area contributed by atoms with Crippen LogP contribution in [0.25, 0.3) is 11.3 Å². The minimum absolute atomic E-state index is 0.335. The molecule has 1 aliphatic carbocycles. The van der Waals surface area contributed by atoms with E-state index in [1.165, 1.54) is 5.56 Å². The van der Waals surface area contributed by atoms with Crippen LogP contribution in [0.5, 0.6) is 0 Å².